The maximum atomic E-state index is 12.4. The highest BCUT2D eigenvalue weighted by molar-refractivity contribution is 5.96. The van der Waals surface area contributed by atoms with Gasteiger partial charge in [0.05, 0.1) is 5.69 Å². The highest BCUT2D eigenvalue weighted by Gasteiger charge is 2.50. The number of carboxylic acids is 1. The van der Waals surface area contributed by atoms with Gasteiger partial charge >= 0.3 is 5.97 Å². The van der Waals surface area contributed by atoms with E-state index < -0.39 is 11.6 Å². The third-order valence-electron chi connectivity index (χ3n) is 5.38. The van der Waals surface area contributed by atoms with Crippen molar-refractivity contribution in [1.82, 2.24) is 4.57 Å². The Balaban J connectivity index is 2.06. The zero-order valence-electron chi connectivity index (χ0n) is 14.8. The van der Waals surface area contributed by atoms with Crippen LogP contribution in [0.4, 0.5) is 0 Å². The lowest BCUT2D eigenvalue weighted by Crippen LogP contribution is -2.46. The summed E-state index contributed by atoms with van der Waals surface area (Å²) in [6.07, 6.45) is 3.96. The van der Waals surface area contributed by atoms with E-state index in [-0.39, 0.29) is 5.92 Å². The molecule has 2 atom stereocenters. The minimum Gasteiger partial charge on any atom is -0.479 e. The first-order chi connectivity index (χ1) is 12.6. The van der Waals surface area contributed by atoms with E-state index in [1.807, 2.05) is 61.5 Å². The van der Waals surface area contributed by atoms with Crippen LogP contribution in [0.2, 0.25) is 0 Å². The van der Waals surface area contributed by atoms with E-state index in [1.165, 1.54) is 7.11 Å². The normalized spacial score (nSPS) is 21.7. The number of hydrogen-bond donors (Lipinski definition) is 1. The second-order valence-corrected chi connectivity index (χ2v) is 6.74. The number of rotatable bonds is 4. The first-order valence-electron chi connectivity index (χ1n) is 8.72. The molecule has 0 saturated heterocycles. The monoisotopic (exact) mass is 347 g/mol. The Kier molecular flexibility index (Phi) is 3.93. The largest absolute Gasteiger partial charge is 0.479 e. The van der Waals surface area contributed by atoms with E-state index in [0.29, 0.717) is 12.2 Å². The van der Waals surface area contributed by atoms with Crippen LogP contribution >= 0.6 is 0 Å². The molecule has 0 spiro atoms. The molecule has 26 heavy (non-hydrogen) atoms. The summed E-state index contributed by atoms with van der Waals surface area (Å²) in [5, 5.41) is 11.2. The predicted molar refractivity (Wildman–Crippen MR) is 102 cm³/mol. The van der Waals surface area contributed by atoms with E-state index >= 15 is 0 Å². The average Bonchev–Trinajstić information content (AvgIpc) is 2.97. The molecule has 1 aliphatic rings. The number of nitrogens with zero attached hydrogens (tertiary/aromatic N) is 1. The Hall–Kier alpha value is -2.85. The zero-order valence-corrected chi connectivity index (χ0v) is 14.8. The predicted octanol–water partition coefficient (Wildman–Crippen LogP) is 4.28. The number of aromatic nitrogens is 1. The Morgan fingerprint density at radius 2 is 1.85 bits per heavy atom. The molecule has 0 bridgehead atoms. The second-order valence-electron chi connectivity index (χ2n) is 6.74. The second kappa shape index (κ2) is 6.15. The summed E-state index contributed by atoms with van der Waals surface area (Å²) in [6.45, 7) is 2.48. The molecule has 2 aromatic carbocycles. The molecule has 4 rings (SSSR count). The molecule has 0 amide bonds. The SMILES string of the molecule is COC1(C(=O)O)c2c(c3ccccc3n2Cc2ccccc2)C=CC1C. The lowest BCUT2D eigenvalue weighted by atomic mass is 9.79. The average molecular weight is 347 g/mol. The third kappa shape index (κ3) is 2.22. The van der Waals surface area contributed by atoms with E-state index in [9.17, 15) is 9.90 Å². The van der Waals surface area contributed by atoms with Gasteiger partial charge in [-0.1, -0.05) is 67.6 Å². The van der Waals surface area contributed by atoms with Gasteiger partial charge in [-0.2, -0.15) is 0 Å². The number of hydrogen-bond acceptors (Lipinski definition) is 2. The topological polar surface area (TPSA) is 51.5 Å². The number of methoxy groups -OCH3 is 1. The van der Waals surface area contributed by atoms with Crippen molar-refractivity contribution in [2.45, 2.75) is 19.1 Å². The summed E-state index contributed by atoms with van der Waals surface area (Å²) in [7, 11) is 1.48. The fourth-order valence-electron chi connectivity index (χ4n) is 4.09. The Labute approximate surface area is 152 Å². The molecule has 3 aromatic rings. The van der Waals surface area contributed by atoms with Crippen LogP contribution in [0.15, 0.2) is 60.7 Å². The summed E-state index contributed by atoms with van der Waals surface area (Å²) in [5.41, 5.74) is 2.38. The van der Waals surface area contributed by atoms with Gasteiger partial charge in [0.25, 0.3) is 0 Å². The quantitative estimate of drug-likeness (QED) is 0.766. The molecule has 4 nitrogen and oxygen atoms in total. The first kappa shape index (κ1) is 16.6. The summed E-state index contributed by atoms with van der Waals surface area (Å²) < 4.78 is 7.81. The molecule has 132 valence electrons. The smallest absolute Gasteiger partial charge is 0.342 e. The molecule has 1 heterocycles. The molecule has 1 aromatic heterocycles. The van der Waals surface area contributed by atoms with Crippen molar-refractivity contribution in [3.05, 3.63) is 77.5 Å². The van der Waals surface area contributed by atoms with Crippen LogP contribution in [-0.2, 0) is 21.7 Å². The lowest BCUT2D eigenvalue weighted by molar-refractivity contribution is -0.170. The molecule has 0 saturated carbocycles. The van der Waals surface area contributed by atoms with Crippen molar-refractivity contribution in [3.8, 4) is 0 Å². The molecule has 0 aliphatic heterocycles. The molecule has 1 N–H and O–H groups in total. The summed E-state index contributed by atoms with van der Waals surface area (Å²) in [4.78, 5) is 12.4. The first-order valence-corrected chi connectivity index (χ1v) is 8.72. The highest BCUT2D eigenvalue weighted by Crippen LogP contribution is 2.45. The third-order valence-corrected chi connectivity index (χ3v) is 5.38. The minimum absolute atomic E-state index is 0.281. The van der Waals surface area contributed by atoms with E-state index in [4.69, 9.17) is 4.74 Å². The molecule has 4 heteroatoms. The maximum Gasteiger partial charge on any atom is 0.342 e. The lowest BCUT2D eigenvalue weighted by Gasteiger charge is -2.36. The molecule has 2 unspecified atom stereocenters. The van der Waals surface area contributed by atoms with Crippen LogP contribution in [0, 0.1) is 5.92 Å². The Bertz CT molecular complexity index is 1000. The number of fused-ring (bicyclic) bond motifs is 3. The molecule has 0 radical (unpaired) electrons. The summed E-state index contributed by atoms with van der Waals surface area (Å²) in [5.74, 6) is -1.24. The minimum atomic E-state index is -1.40. The van der Waals surface area contributed by atoms with Crippen LogP contribution in [-0.4, -0.2) is 22.8 Å². The van der Waals surface area contributed by atoms with Crippen LogP contribution in [0.5, 0.6) is 0 Å². The summed E-state index contributed by atoms with van der Waals surface area (Å²) in [6, 6.07) is 18.1. The van der Waals surface area contributed by atoms with Gasteiger partial charge in [0, 0.05) is 36.0 Å². The van der Waals surface area contributed by atoms with E-state index in [1.54, 1.807) is 0 Å². The van der Waals surface area contributed by atoms with Gasteiger partial charge < -0.3 is 14.4 Å². The van der Waals surface area contributed by atoms with Crippen molar-refractivity contribution < 1.29 is 14.6 Å². The van der Waals surface area contributed by atoms with Crippen molar-refractivity contribution in [2.24, 2.45) is 5.92 Å². The number of para-hydroxylation sites is 1. The summed E-state index contributed by atoms with van der Waals surface area (Å²) >= 11 is 0. The van der Waals surface area contributed by atoms with Gasteiger partial charge in [0.2, 0.25) is 5.60 Å². The molecule has 1 aliphatic carbocycles. The fraction of sp³-hybridized carbons (Fsp3) is 0.227. The van der Waals surface area contributed by atoms with Gasteiger partial charge in [0.15, 0.2) is 0 Å². The zero-order chi connectivity index (χ0) is 18.3. The number of aliphatic carboxylic acids is 1. The fourth-order valence-corrected chi connectivity index (χ4v) is 4.09. The molecular formula is C22H21NO3. The van der Waals surface area contributed by atoms with Crippen molar-refractivity contribution in [1.29, 1.82) is 0 Å². The Morgan fingerprint density at radius 1 is 1.15 bits per heavy atom. The number of carboxylic acid groups (broad SMARTS) is 1. The van der Waals surface area contributed by atoms with Gasteiger partial charge in [-0.05, 0) is 11.6 Å². The van der Waals surface area contributed by atoms with Gasteiger partial charge in [-0.25, -0.2) is 4.79 Å². The van der Waals surface area contributed by atoms with Crippen LogP contribution < -0.4 is 0 Å². The standard InChI is InChI=1S/C22H21NO3/c1-15-12-13-18-17-10-6-7-11-19(17)23(14-16-8-4-3-5-9-16)20(18)22(15,26-2)21(24)25/h3-13,15H,14H2,1-2H3,(H,24,25). The van der Waals surface area contributed by atoms with E-state index in [0.717, 1.165) is 22.0 Å². The van der Waals surface area contributed by atoms with Gasteiger partial charge in [-0.15, -0.1) is 0 Å². The van der Waals surface area contributed by atoms with Gasteiger partial charge in [-0.3, -0.25) is 0 Å². The Morgan fingerprint density at radius 3 is 2.54 bits per heavy atom. The number of ether oxygens (including phenoxy) is 1. The molecule has 0 fully saturated rings. The van der Waals surface area contributed by atoms with Gasteiger partial charge in [0.1, 0.15) is 0 Å². The maximum absolute atomic E-state index is 12.4. The van der Waals surface area contributed by atoms with Crippen molar-refractivity contribution in [2.75, 3.05) is 7.11 Å². The van der Waals surface area contributed by atoms with Crippen molar-refractivity contribution >= 4 is 22.9 Å². The number of benzene rings is 2. The van der Waals surface area contributed by atoms with Crippen LogP contribution in [0.25, 0.3) is 17.0 Å². The highest BCUT2D eigenvalue weighted by atomic mass is 16.5. The van der Waals surface area contributed by atoms with E-state index in [2.05, 4.69) is 16.7 Å². The molecular weight excluding hydrogens is 326 g/mol. The number of carbonyl (C=O) groups is 1. The van der Waals surface area contributed by atoms with Crippen LogP contribution in [0.1, 0.15) is 23.7 Å². The van der Waals surface area contributed by atoms with Crippen LogP contribution in [0.3, 0.4) is 0 Å². The van der Waals surface area contributed by atoms with Crippen molar-refractivity contribution in [3.63, 3.8) is 0 Å².